The van der Waals surface area contributed by atoms with Gasteiger partial charge in [-0.25, -0.2) is 0 Å². The lowest BCUT2D eigenvalue weighted by atomic mass is 10.2. The highest BCUT2D eigenvalue weighted by atomic mass is 16.5. The molecular formula is C17H22N4O2. The van der Waals surface area contributed by atoms with Crippen LogP contribution in [0.25, 0.3) is 0 Å². The van der Waals surface area contributed by atoms with Gasteiger partial charge in [0.1, 0.15) is 5.75 Å². The molecule has 0 bridgehead atoms. The lowest BCUT2D eigenvalue weighted by Crippen LogP contribution is -2.33. The molecule has 1 aromatic carbocycles. The van der Waals surface area contributed by atoms with Crippen LogP contribution in [-0.2, 0) is 6.54 Å². The fraction of sp³-hybridized carbons (Fsp3) is 0.412. The third-order valence-electron chi connectivity index (χ3n) is 4.01. The topological polar surface area (TPSA) is 59.4 Å². The molecule has 0 unspecified atom stereocenters. The van der Waals surface area contributed by atoms with Crippen LogP contribution in [-0.4, -0.2) is 53.9 Å². The van der Waals surface area contributed by atoms with Crippen molar-refractivity contribution in [2.75, 3.05) is 33.3 Å². The van der Waals surface area contributed by atoms with Gasteiger partial charge in [0.15, 0.2) is 0 Å². The van der Waals surface area contributed by atoms with Crippen molar-refractivity contribution in [1.82, 2.24) is 20.0 Å². The summed E-state index contributed by atoms with van der Waals surface area (Å²) >= 11 is 0. The van der Waals surface area contributed by atoms with E-state index in [1.807, 2.05) is 35.4 Å². The van der Waals surface area contributed by atoms with Crippen LogP contribution >= 0.6 is 0 Å². The zero-order valence-electron chi connectivity index (χ0n) is 13.4. The molecule has 1 N–H and O–H groups in total. The normalized spacial score (nSPS) is 15.3. The van der Waals surface area contributed by atoms with E-state index in [4.69, 9.17) is 4.74 Å². The molecular weight excluding hydrogens is 292 g/mol. The van der Waals surface area contributed by atoms with Crippen LogP contribution in [0.1, 0.15) is 22.3 Å². The van der Waals surface area contributed by atoms with E-state index < -0.39 is 0 Å². The highest BCUT2D eigenvalue weighted by Crippen LogP contribution is 2.13. The molecule has 0 saturated carbocycles. The van der Waals surface area contributed by atoms with E-state index in [1.54, 1.807) is 18.0 Å². The number of nitrogens with zero attached hydrogens (tertiary/aromatic N) is 3. The van der Waals surface area contributed by atoms with E-state index in [0.717, 1.165) is 43.9 Å². The number of nitrogens with one attached hydrogen (secondary N) is 1. The number of aromatic nitrogens is 2. The van der Waals surface area contributed by atoms with E-state index in [2.05, 4.69) is 10.4 Å². The zero-order valence-corrected chi connectivity index (χ0v) is 13.4. The van der Waals surface area contributed by atoms with Crippen molar-refractivity contribution < 1.29 is 9.53 Å². The average molecular weight is 314 g/mol. The molecule has 0 atom stereocenters. The summed E-state index contributed by atoms with van der Waals surface area (Å²) in [4.78, 5) is 14.4. The van der Waals surface area contributed by atoms with E-state index >= 15 is 0 Å². The number of carbonyl (C=O) groups excluding carboxylic acids is 1. The van der Waals surface area contributed by atoms with Crippen molar-refractivity contribution in [2.45, 2.75) is 13.0 Å². The van der Waals surface area contributed by atoms with Gasteiger partial charge in [0.25, 0.3) is 5.91 Å². The van der Waals surface area contributed by atoms with E-state index in [1.165, 1.54) is 0 Å². The monoisotopic (exact) mass is 314 g/mol. The van der Waals surface area contributed by atoms with Gasteiger partial charge >= 0.3 is 0 Å². The molecule has 1 amide bonds. The molecule has 1 fully saturated rings. The minimum atomic E-state index is 0.0645. The van der Waals surface area contributed by atoms with Gasteiger partial charge in [-0.15, -0.1) is 0 Å². The number of rotatable bonds is 4. The number of carbonyl (C=O) groups is 1. The van der Waals surface area contributed by atoms with Crippen LogP contribution in [0, 0.1) is 0 Å². The minimum absolute atomic E-state index is 0.0645. The average Bonchev–Trinajstić information content (AvgIpc) is 2.87. The smallest absolute Gasteiger partial charge is 0.257 e. The molecule has 2 aromatic rings. The van der Waals surface area contributed by atoms with Gasteiger partial charge in [-0.1, -0.05) is 12.1 Å². The summed E-state index contributed by atoms with van der Waals surface area (Å²) in [5.41, 5.74) is 1.77. The van der Waals surface area contributed by atoms with E-state index in [0.29, 0.717) is 12.1 Å². The Morgan fingerprint density at radius 3 is 2.87 bits per heavy atom. The summed E-state index contributed by atoms with van der Waals surface area (Å²) in [6.45, 7) is 4.02. The summed E-state index contributed by atoms with van der Waals surface area (Å²) < 4.78 is 6.95. The Morgan fingerprint density at radius 1 is 1.26 bits per heavy atom. The number of benzene rings is 1. The number of amides is 1. The SMILES string of the molecule is COc1ccc(Cn2cc(C(=O)N3CCCNCC3)cn2)cc1. The standard InChI is InChI=1S/C17H22N4O2/c1-23-16-5-3-14(4-6-16)12-21-13-15(11-19-21)17(22)20-9-2-7-18-8-10-20/h3-6,11,13,18H,2,7-10,12H2,1H3. The van der Waals surface area contributed by atoms with Crippen molar-refractivity contribution in [3.8, 4) is 5.75 Å². The van der Waals surface area contributed by atoms with Crippen LogP contribution in [0.15, 0.2) is 36.7 Å². The predicted molar refractivity (Wildman–Crippen MR) is 87.7 cm³/mol. The lowest BCUT2D eigenvalue weighted by molar-refractivity contribution is 0.0766. The summed E-state index contributed by atoms with van der Waals surface area (Å²) in [5.74, 6) is 0.898. The van der Waals surface area contributed by atoms with Gasteiger partial charge in [-0.05, 0) is 30.7 Å². The molecule has 0 aliphatic carbocycles. The van der Waals surface area contributed by atoms with Crippen LogP contribution in [0.3, 0.4) is 0 Å². The molecule has 3 rings (SSSR count). The van der Waals surface area contributed by atoms with E-state index in [9.17, 15) is 4.79 Å². The molecule has 2 heterocycles. The van der Waals surface area contributed by atoms with Crippen molar-refractivity contribution in [3.63, 3.8) is 0 Å². The maximum absolute atomic E-state index is 12.5. The first kappa shape index (κ1) is 15.6. The van der Waals surface area contributed by atoms with Crippen molar-refractivity contribution in [3.05, 3.63) is 47.8 Å². The Hall–Kier alpha value is -2.34. The fourth-order valence-corrected chi connectivity index (χ4v) is 2.71. The molecule has 1 saturated heterocycles. The highest BCUT2D eigenvalue weighted by molar-refractivity contribution is 5.93. The quantitative estimate of drug-likeness (QED) is 0.926. The molecule has 0 radical (unpaired) electrons. The Morgan fingerprint density at radius 2 is 2.09 bits per heavy atom. The number of methoxy groups -OCH3 is 1. The Kier molecular flexibility index (Phi) is 4.92. The number of hydrogen-bond donors (Lipinski definition) is 1. The van der Waals surface area contributed by atoms with Gasteiger partial charge in [-0.2, -0.15) is 5.10 Å². The summed E-state index contributed by atoms with van der Waals surface area (Å²) in [7, 11) is 1.65. The molecule has 0 spiro atoms. The molecule has 1 aromatic heterocycles. The second-order valence-electron chi connectivity index (χ2n) is 5.67. The predicted octanol–water partition coefficient (Wildman–Crippen LogP) is 1.38. The fourth-order valence-electron chi connectivity index (χ4n) is 2.71. The largest absolute Gasteiger partial charge is 0.497 e. The maximum atomic E-state index is 12.5. The van der Waals surface area contributed by atoms with Gasteiger partial charge < -0.3 is 15.0 Å². The third-order valence-corrected chi connectivity index (χ3v) is 4.01. The second kappa shape index (κ2) is 7.28. The van der Waals surface area contributed by atoms with Gasteiger partial charge in [0.05, 0.1) is 25.4 Å². The second-order valence-corrected chi connectivity index (χ2v) is 5.67. The van der Waals surface area contributed by atoms with Gasteiger partial charge in [0.2, 0.25) is 0 Å². The van der Waals surface area contributed by atoms with Crippen LogP contribution < -0.4 is 10.1 Å². The first-order chi connectivity index (χ1) is 11.3. The first-order valence-electron chi connectivity index (χ1n) is 7.91. The van der Waals surface area contributed by atoms with Crippen molar-refractivity contribution in [1.29, 1.82) is 0 Å². The van der Waals surface area contributed by atoms with Crippen LogP contribution in [0.4, 0.5) is 0 Å². The number of ether oxygens (including phenoxy) is 1. The molecule has 23 heavy (non-hydrogen) atoms. The van der Waals surface area contributed by atoms with Gasteiger partial charge in [0, 0.05) is 25.8 Å². The molecule has 1 aliphatic heterocycles. The Balaban J connectivity index is 1.65. The number of hydrogen-bond acceptors (Lipinski definition) is 4. The summed E-state index contributed by atoms with van der Waals surface area (Å²) in [6.07, 6.45) is 4.47. The van der Waals surface area contributed by atoms with E-state index in [-0.39, 0.29) is 5.91 Å². The van der Waals surface area contributed by atoms with Crippen LogP contribution in [0.2, 0.25) is 0 Å². The molecule has 6 nitrogen and oxygen atoms in total. The maximum Gasteiger partial charge on any atom is 0.257 e. The summed E-state index contributed by atoms with van der Waals surface area (Å²) in [6, 6.07) is 7.86. The summed E-state index contributed by atoms with van der Waals surface area (Å²) in [5, 5.41) is 7.62. The van der Waals surface area contributed by atoms with Crippen molar-refractivity contribution >= 4 is 5.91 Å². The Bertz CT molecular complexity index is 643. The third kappa shape index (κ3) is 3.90. The molecule has 122 valence electrons. The molecule has 6 heteroatoms. The lowest BCUT2D eigenvalue weighted by Gasteiger charge is -2.18. The highest BCUT2D eigenvalue weighted by Gasteiger charge is 2.18. The zero-order chi connectivity index (χ0) is 16.1. The molecule has 1 aliphatic rings. The van der Waals surface area contributed by atoms with Crippen LogP contribution in [0.5, 0.6) is 5.75 Å². The van der Waals surface area contributed by atoms with Crippen molar-refractivity contribution in [2.24, 2.45) is 0 Å². The first-order valence-corrected chi connectivity index (χ1v) is 7.91. The Labute approximate surface area is 136 Å². The van der Waals surface area contributed by atoms with Gasteiger partial charge in [-0.3, -0.25) is 9.48 Å². The minimum Gasteiger partial charge on any atom is -0.497 e.